The molecule has 0 bridgehead atoms. The van der Waals surface area contributed by atoms with Crippen LogP contribution in [0, 0.1) is 16.7 Å². The van der Waals surface area contributed by atoms with Crippen molar-refractivity contribution in [1.29, 1.82) is 0 Å². The molecule has 6 rings (SSSR count). The van der Waals surface area contributed by atoms with Gasteiger partial charge in [-0.25, -0.2) is 9.59 Å². The van der Waals surface area contributed by atoms with Gasteiger partial charge in [0.25, 0.3) is 0 Å². The van der Waals surface area contributed by atoms with Crippen molar-refractivity contribution in [2.45, 2.75) is 116 Å². The van der Waals surface area contributed by atoms with Gasteiger partial charge in [0.05, 0.1) is 40.1 Å². The molecule has 0 radical (unpaired) electrons. The minimum Gasteiger partial charge on any atom is -0.462 e. The van der Waals surface area contributed by atoms with Gasteiger partial charge in [-0.05, 0) is 56.2 Å². The Morgan fingerprint density at radius 3 is 1.73 bits per heavy atom. The highest BCUT2D eigenvalue weighted by atomic mass is 16.6. The SMILES string of the molecule is CC(=O)O[C@H]1C[C@]2(C(C)(C)O)C(=C1C)[C@@H](OC(=O)c1ccccc1)[C@H](OC(=O)c1ccccc1)[C@@]1(C)[C@H](OC(C)=O)C[C@@H]3OC[C@@]3(OC(C)=O)[C@@H]1[C@H]2OC(C)=O. The summed E-state index contributed by atoms with van der Waals surface area (Å²) in [6.45, 7) is 10.8. The third-order valence-electron chi connectivity index (χ3n) is 12.1. The molecule has 1 aliphatic heterocycles. The van der Waals surface area contributed by atoms with Crippen LogP contribution in [0.1, 0.15) is 88.9 Å². The Bertz CT molecular complexity index is 1930. The molecule has 3 fully saturated rings. The second kappa shape index (κ2) is 14.8. The number of esters is 6. The van der Waals surface area contributed by atoms with Crippen molar-refractivity contribution < 1.29 is 67.0 Å². The Labute approximate surface area is 324 Å². The van der Waals surface area contributed by atoms with Gasteiger partial charge >= 0.3 is 35.8 Å². The second-order valence-corrected chi connectivity index (χ2v) is 15.9. The zero-order chi connectivity index (χ0) is 41.0. The van der Waals surface area contributed by atoms with Crippen LogP contribution in [0.5, 0.6) is 0 Å². The number of hydrogen-bond acceptors (Lipinski definition) is 14. The normalized spacial score (nSPS) is 33.2. The van der Waals surface area contributed by atoms with Gasteiger partial charge in [0.1, 0.15) is 24.4 Å². The van der Waals surface area contributed by atoms with Crippen LogP contribution in [0.2, 0.25) is 0 Å². The lowest BCUT2D eigenvalue weighted by Crippen LogP contribution is -2.79. The summed E-state index contributed by atoms with van der Waals surface area (Å²) in [6, 6.07) is 16.1. The monoisotopic (exact) mass is 776 g/mol. The fourth-order valence-electron chi connectivity index (χ4n) is 9.86. The Balaban J connectivity index is 1.77. The molecule has 14 heteroatoms. The van der Waals surface area contributed by atoms with Crippen molar-refractivity contribution in [3.05, 3.63) is 82.9 Å². The van der Waals surface area contributed by atoms with Gasteiger partial charge in [-0.2, -0.15) is 0 Å². The summed E-state index contributed by atoms with van der Waals surface area (Å²) in [7, 11) is 0. The van der Waals surface area contributed by atoms with Crippen molar-refractivity contribution in [3.63, 3.8) is 0 Å². The molecule has 0 spiro atoms. The predicted octanol–water partition coefficient (Wildman–Crippen LogP) is 4.45. The van der Waals surface area contributed by atoms with Crippen LogP contribution < -0.4 is 0 Å². The highest BCUT2D eigenvalue weighted by molar-refractivity contribution is 5.90. The summed E-state index contributed by atoms with van der Waals surface area (Å²) in [5.41, 5.74) is -6.37. The number of benzene rings is 2. The molecule has 2 aromatic carbocycles. The van der Waals surface area contributed by atoms with E-state index in [2.05, 4.69) is 0 Å². The maximum Gasteiger partial charge on any atom is 0.338 e. The van der Waals surface area contributed by atoms with Crippen molar-refractivity contribution in [1.82, 2.24) is 0 Å². The van der Waals surface area contributed by atoms with Gasteiger partial charge in [0.15, 0.2) is 17.8 Å². The molecule has 56 heavy (non-hydrogen) atoms. The highest BCUT2D eigenvalue weighted by Crippen LogP contribution is 2.69. The Morgan fingerprint density at radius 1 is 0.732 bits per heavy atom. The lowest BCUT2D eigenvalue weighted by molar-refractivity contribution is -0.352. The third-order valence-corrected chi connectivity index (χ3v) is 12.1. The van der Waals surface area contributed by atoms with E-state index in [1.165, 1.54) is 65.8 Å². The van der Waals surface area contributed by atoms with E-state index < -0.39 is 100 Å². The van der Waals surface area contributed by atoms with E-state index in [0.29, 0.717) is 5.57 Å². The Hall–Kier alpha value is -5.08. The fraction of sp³-hybridized carbons (Fsp3) is 0.524. The van der Waals surface area contributed by atoms with Crippen LogP contribution in [0.3, 0.4) is 0 Å². The molecular formula is C42H48O14. The van der Waals surface area contributed by atoms with E-state index in [-0.39, 0.29) is 36.1 Å². The number of carbonyl (C=O) groups excluding carboxylic acids is 6. The minimum absolute atomic E-state index is 0.0744. The topological polar surface area (TPSA) is 187 Å². The first-order valence-corrected chi connectivity index (χ1v) is 18.6. The quantitative estimate of drug-likeness (QED) is 0.214. The summed E-state index contributed by atoms with van der Waals surface area (Å²) >= 11 is 0. The van der Waals surface area contributed by atoms with Crippen LogP contribution in [-0.4, -0.2) is 95.4 Å². The molecule has 300 valence electrons. The molecule has 0 aromatic heterocycles. The van der Waals surface area contributed by atoms with Crippen molar-refractivity contribution in [2.24, 2.45) is 16.7 Å². The molecule has 14 nitrogen and oxygen atoms in total. The lowest BCUT2D eigenvalue weighted by atomic mass is 9.49. The number of rotatable bonds is 9. The average molecular weight is 777 g/mol. The second-order valence-electron chi connectivity index (χ2n) is 15.9. The standard InChI is InChI=1S/C42H48O14/c1-22-29(51-23(2)43)20-41(39(6,7)49)32(22)33(54-37(47)27-15-11-9-12-16-27)35(55-38(48)28-17-13-10-14-18-28)40(8)30(52-24(3)44)19-31-42(21-50-31,56-26(5)46)34(40)36(41)53-25(4)45/h9-18,29-31,33-36,49H,19-21H2,1-8H3/t29-,30+,31-,33+,34+,35-,36+,40-,41-,42-/m0/s1. The maximum atomic E-state index is 14.4. The summed E-state index contributed by atoms with van der Waals surface area (Å²) in [5, 5.41) is 12.7. The van der Waals surface area contributed by atoms with Gasteiger partial charge in [-0.1, -0.05) is 43.3 Å². The number of hydrogen-bond donors (Lipinski definition) is 1. The van der Waals surface area contributed by atoms with Crippen molar-refractivity contribution >= 4 is 35.8 Å². The largest absolute Gasteiger partial charge is 0.462 e. The molecule has 1 saturated heterocycles. The first-order valence-electron chi connectivity index (χ1n) is 18.6. The molecule has 10 atom stereocenters. The molecule has 3 aliphatic carbocycles. The zero-order valence-corrected chi connectivity index (χ0v) is 32.7. The summed E-state index contributed by atoms with van der Waals surface area (Å²) in [6.07, 6.45) is -8.25. The molecule has 1 N–H and O–H groups in total. The van der Waals surface area contributed by atoms with Crippen LogP contribution in [0.15, 0.2) is 71.8 Å². The molecule has 2 saturated carbocycles. The predicted molar refractivity (Wildman–Crippen MR) is 194 cm³/mol. The summed E-state index contributed by atoms with van der Waals surface area (Å²) < 4.78 is 43.8. The fourth-order valence-corrected chi connectivity index (χ4v) is 9.86. The number of aliphatic hydroxyl groups is 1. The van der Waals surface area contributed by atoms with Crippen LogP contribution >= 0.6 is 0 Å². The van der Waals surface area contributed by atoms with Gasteiger partial charge in [-0.15, -0.1) is 0 Å². The zero-order valence-electron chi connectivity index (χ0n) is 32.7. The van der Waals surface area contributed by atoms with E-state index in [1.54, 1.807) is 50.2 Å². The number of ether oxygens (including phenoxy) is 7. The average Bonchev–Trinajstić information content (AvgIpc) is 3.37. The van der Waals surface area contributed by atoms with Gasteiger partial charge < -0.3 is 38.3 Å². The van der Waals surface area contributed by atoms with E-state index in [9.17, 15) is 33.9 Å². The maximum absolute atomic E-state index is 14.4. The Kier molecular flexibility index (Phi) is 10.7. The highest BCUT2D eigenvalue weighted by Gasteiger charge is 2.81. The minimum atomic E-state index is -1.92. The van der Waals surface area contributed by atoms with E-state index >= 15 is 0 Å². The van der Waals surface area contributed by atoms with Crippen LogP contribution in [0.25, 0.3) is 0 Å². The summed E-state index contributed by atoms with van der Waals surface area (Å²) in [5.74, 6) is -5.88. The Morgan fingerprint density at radius 2 is 1.27 bits per heavy atom. The first-order chi connectivity index (χ1) is 26.3. The molecule has 2 aromatic rings. The summed E-state index contributed by atoms with van der Waals surface area (Å²) in [4.78, 5) is 81.1. The first kappa shape index (κ1) is 40.6. The van der Waals surface area contributed by atoms with Gasteiger partial charge in [-0.3, -0.25) is 19.2 Å². The van der Waals surface area contributed by atoms with Gasteiger partial charge in [0.2, 0.25) is 0 Å². The van der Waals surface area contributed by atoms with Crippen LogP contribution in [0.4, 0.5) is 0 Å². The molecule has 0 amide bonds. The van der Waals surface area contributed by atoms with E-state index in [4.69, 9.17) is 33.2 Å². The van der Waals surface area contributed by atoms with Gasteiger partial charge in [0, 0.05) is 40.5 Å². The molecular weight excluding hydrogens is 728 g/mol. The van der Waals surface area contributed by atoms with E-state index in [1.807, 2.05) is 0 Å². The third kappa shape index (κ3) is 6.66. The van der Waals surface area contributed by atoms with Crippen molar-refractivity contribution in [2.75, 3.05) is 6.61 Å². The number of carbonyl (C=O) groups is 6. The molecule has 0 unspecified atom stereocenters. The van der Waals surface area contributed by atoms with Crippen LogP contribution in [-0.2, 0) is 52.3 Å². The van der Waals surface area contributed by atoms with Crippen molar-refractivity contribution in [3.8, 4) is 0 Å². The smallest absolute Gasteiger partial charge is 0.338 e. The molecule has 1 heterocycles. The molecule has 4 aliphatic rings. The lowest BCUT2D eigenvalue weighted by Gasteiger charge is -2.65. The number of fused-ring (bicyclic) bond motifs is 4. The van der Waals surface area contributed by atoms with E-state index in [0.717, 1.165) is 0 Å².